The Labute approximate surface area is 115 Å². The Morgan fingerprint density at radius 2 is 2.39 bits per heavy atom. The lowest BCUT2D eigenvalue weighted by molar-refractivity contribution is 0.174. The van der Waals surface area contributed by atoms with Crippen LogP contribution in [0.25, 0.3) is 0 Å². The van der Waals surface area contributed by atoms with Crippen molar-refractivity contribution in [1.82, 2.24) is 15.1 Å². The van der Waals surface area contributed by atoms with Gasteiger partial charge in [-0.1, -0.05) is 11.6 Å². The topological polar surface area (TPSA) is 50.1 Å². The second kappa shape index (κ2) is 5.84. The third-order valence-corrected chi connectivity index (χ3v) is 4.01. The van der Waals surface area contributed by atoms with Crippen LogP contribution in [0.1, 0.15) is 23.1 Å². The van der Waals surface area contributed by atoms with E-state index >= 15 is 0 Å². The van der Waals surface area contributed by atoms with Crippen LogP contribution < -0.4 is 5.32 Å². The first-order chi connectivity index (χ1) is 8.59. The van der Waals surface area contributed by atoms with Gasteiger partial charge in [-0.3, -0.25) is 4.68 Å². The normalized spacial score (nSPS) is 12.9. The number of aryl methyl sites for hydroxylation is 2. The fraction of sp³-hybridized carbons (Fsp3) is 0.417. The molecule has 2 heterocycles. The predicted octanol–water partition coefficient (Wildman–Crippen LogP) is 2.27. The molecule has 6 heteroatoms. The fourth-order valence-corrected chi connectivity index (χ4v) is 2.72. The summed E-state index contributed by atoms with van der Waals surface area (Å²) in [6.45, 7) is 2.97. The summed E-state index contributed by atoms with van der Waals surface area (Å²) >= 11 is 7.73. The molecule has 0 aliphatic carbocycles. The molecular weight excluding hydrogens is 270 g/mol. The van der Waals surface area contributed by atoms with E-state index in [4.69, 9.17) is 11.6 Å². The van der Waals surface area contributed by atoms with E-state index in [-0.39, 0.29) is 0 Å². The van der Waals surface area contributed by atoms with Crippen LogP contribution >= 0.6 is 22.9 Å². The van der Waals surface area contributed by atoms with Gasteiger partial charge in [-0.2, -0.15) is 16.4 Å². The Balaban J connectivity index is 1.89. The zero-order chi connectivity index (χ0) is 13.1. The first-order valence-corrected chi connectivity index (χ1v) is 7.00. The van der Waals surface area contributed by atoms with Crippen molar-refractivity contribution in [3.63, 3.8) is 0 Å². The van der Waals surface area contributed by atoms with Crippen LogP contribution in [0.3, 0.4) is 0 Å². The summed E-state index contributed by atoms with van der Waals surface area (Å²) in [5.74, 6) is 0. The molecular formula is C12H16ClN3OS. The highest BCUT2D eigenvalue weighted by Crippen LogP contribution is 2.19. The first kappa shape index (κ1) is 13.5. The van der Waals surface area contributed by atoms with E-state index in [0.29, 0.717) is 18.1 Å². The van der Waals surface area contributed by atoms with Gasteiger partial charge in [0.15, 0.2) is 0 Å². The van der Waals surface area contributed by atoms with Crippen LogP contribution in [0.4, 0.5) is 0 Å². The lowest BCUT2D eigenvalue weighted by atomic mass is 10.2. The molecule has 2 aromatic rings. The molecule has 1 atom stereocenters. The Hall–Kier alpha value is -0.880. The molecule has 0 fully saturated rings. The molecule has 98 valence electrons. The van der Waals surface area contributed by atoms with Crippen molar-refractivity contribution in [2.24, 2.45) is 7.05 Å². The molecule has 2 aromatic heterocycles. The van der Waals surface area contributed by atoms with E-state index in [1.54, 1.807) is 16.0 Å². The van der Waals surface area contributed by atoms with E-state index in [9.17, 15) is 5.11 Å². The number of rotatable bonds is 5. The van der Waals surface area contributed by atoms with Gasteiger partial charge in [0.2, 0.25) is 0 Å². The van der Waals surface area contributed by atoms with Gasteiger partial charge in [-0.05, 0) is 29.3 Å². The number of halogens is 1. The number of aromatic nitrogens is 2. The first-order valence-electron chi connectivity index (χ1n) is 5.68. The van der Waals surface area contributed by atoms with Crippen molar-refractivity contribution >= 4 is 22.9 Å². The number of nitrogens with zero attached hydrogens (tertiary/aromatic N) is 2. The van der Waals surface area contributed by atoms with Gasteiger partial charge in [0.05, 0.1) is 22.5 Å². The highest BCUT2D eigenvalue weighted by molar-refractivity contribution is 7.07. The lowest BCUT2D eigenvalue weighted by Gasteiger charge is -2.10. The summed E-state index contributed by atoms with van der Waals surface area (Å²) < 4.78 is 1.77. The second-order valence-electron chi connectivity index (χ2n) is 4.17. The third kappa shape index (κ3) is 2.92. The molecule has 2 rings (SSSR count). The van der Waals surface area contributed by atoms with E-state index in [0.717, 1.165) is 17.0 Å². The number of thiophene rings is 1. The molecule has 2 N–H and O–H groups in total. The minimum atomic E-state index is -0.482. The largest absolute Gasteiger partial charge is 0.387 e. The molecule has 0 radical (unpaired) electrons. The summed E-state index contributed by atoms with van der Waals surface area (Å²) in [5, 5.41) is 22.0. The van der Waals surface area contributed by atoms with Crippen LogP contribution in [-0.2, 0) is 13.6 Å². The lowest BCUT2D eigenvalue weighted by Crippen LogP contribution is -2.22. The number of hydrogen-bond donors (Lipinski definition) is 2. The number of nitrogens with one attached hydrogen (secondary N) is 1. The molecule has 18 heavy (non-hydrogen) atoms. The Morgan fingerprint density at radius 3 is 2.94 bits per heavy atom. The summed E-state index contributed by atoms with van der Waals surface area (Å²) in [5.41, 5.74) is 2.71. The number of aliphatic hydroxyl groups is 1. The number of aliphatic hydroxyl groups excluding tert-OH is 1. The molecule has 0 spiro atoms. The average Bonchev–Trinajstić information content (AvgIpc) is 2.93. The van der Waals surface area contributed by atoms with Gasteiger partial charge < -0.3 is 10.4 Å². The zero-order valence-corrected chi connectivity index (χ0v) is 11.9. The standard InChI is InChI=1S/C12H16ClN3OS/c1-8-12(13)10(16(2)15-8)5-14-6-11(17)9-3-4-18-7-9/h3-4,7,11,14,17H,5-6H2,1-2H3. The maximum atomic E-state index is 9.92. The molecule has 4 nitrogen and oxygen atoms in total. The van der Waals surface area contributed by atoms with Crippen LogP contribution in [0, 0.1) is 6.92 Å². The highest BCUT2D eigenvalue weighted by atomic mass is 35.5. The van der Waals surface area contributed by atoms with E-state index in [1.807, 2.05) is 30.8 Å². The maximum Gasteiger partial charge on any atom is 0.0922 e. The van der Waals surface area contributed by atoms with Crippen molar-refractivity contribution in [3.05, 3.63) is 38.8 Å². The number of hydrogen-bond acceptors (Lipinski definition) is 4. The average molecular weight is 286 g/mol. The van der Waals surface area contributed by atoms with Gasteiger partial charge in [0.1, 0.15) is 0 Å². The summed E-state index contributed by atoms with van der Waals surface area (Å²) in [4.78, 5) is 0. The Bertz CT molecular complexity index is 510. The van der Waals surface area contributed by atoms with E-state index < -0.39 is 6.10 Å². The molecule has 0 aliphatic rings. The van der Waals surface area contributed by atoms with Gasteiger partial charge in [-0.25, -0.2) is 0 Å². The summed E-state index contributed by atoms with van der Waals surface area (Å²) in [6, 6.07) is 1.93. The van der Waals surface area contributed by atoms with E-state index in [1.165, 1.54) is 0 Å². The van der Waals surface area contributed by atoms with Crippen molar-refractivity contribution in [2.45, 2.75) is 19.6 Å². The minimum absolute atomic E-state index is 0.482. The zero-order valence-electron chi connectivity index (χ0n) is 10.4. The summed E-state index contributed by atoms with van der Waals surface area (Å²) in [6.07, 6.45) is -0.482. The second-order valence-corrected chi connectivity index (χ2v) is 5.33. The van der Waals surface area contributed by atoms with Crippen molar-refractivity contribution < 1.29 is 5.11 Å². The Kier molecular flexibility index (Phi) is 4.40. The monoisotopic (exact) mass is 285 g/mol. The minimum Gasteiger partial charge on any atom is -0.387 e. The quantitative estimate of drug-likeness (QED) is 0.886. The van der Waals surface area contributed by atoms with Crippen molar-refractivity contribution in [3.8, 4) is 0 Å². The van der Waals surface area contributed by atoms with Crippen LogP contribution in [0.15, 0.2) is 16.8 Å². The van der Waals surface area contributed by atoms with Crippen molar-refractivity contribution in [1.29, 1.82) is 0 Å². The highest BCUT2D eigenvalue weighted by Gasteiger charge is 2.12. The molecule has 0 aromatic carbocycles. The molecule has 0 aliphatic heterocycles. The molecule has 0 saturated heterocycles. The van der Waals surface area contributed by atoms with Crippen LogP contribution in [0.2, 0.25) is 5.02 Å². The molecule has 1 unspecified atom stereocenters. The fourth-order valence-electron chi connectivity index (χ4n) is 1.78. The van der Waals surface area contributed by atoms with Crippen LogP contribution in [-0.4, -0.2) is 21.4 Å². The molecule has 0 amide bonds. The van der Waals surface area contributed by atoms with Crippen molar-refractivity contribution in [2.75, 3.05) is 6.54 Å². The van der Waals surface area contributed by atoms with Gasteiger partial charge in [-0.15, -0.1) is 0 Å². The maximum absolute atomic E-state index is 9.92. The van der Waals surface area contributed by atoms with Gasteiger partial charge in [0.25, 0.3) is 0 Å². The third-order valence-electron chi connectivity index (χ3n) is 2.82. The Morgan fingerprint density at radius 1 is 1.61 bits per heavy atom. The predicted molar refractivity (Wildman–Crippen MR) is 73.9 cm³/mol. The SMILES string of the molecule is Cc1nn(C)c(CNCC(O)c2ccsc2)c1Cl. The molecule has 0 saturated carbocycles. The molecule has 0 bridgehead atoms. The van der Waals surface area contributed by atoms with Gasteiger partial charge >= 0.3 is 0 Å². The van der Waals surface area contributed by atoms with E-state index in [2.05, 4.69) is 10.4 Å². The summed E-state index contributed by atoms with van der Waals surface area (Å²) in [7, 11) is 1.87. The van der Waals surface area contributed by atoms with Crippen LogP contribution in [0.5, 0.6) is 0 Å². The smallest absolute Gasteiger partial charge is 0.0922 e. The van der Waals surface area contributed by atoms with Gasteiger partial charge in [0, 0.05) is 20.1 Å².